The first kappa shape index (κ1) is 10.5. The summed E-state index contributed by atoms with van der Waals surface area (Å²) < 4.78 is 0. The van der Waals surface area contributed by atoms with Gasteiger partial charge >= 0.3 is 0 Å². The summed E-state index contributed by atoms with van der Waals surface area (Å²) in [4.78, 5) is 10.6. The zero-order valence-corrected chi connectivity index (χ0v) is 6.93. The molecule has 0 amide bonds. The molecule has 0 aromatic heterocycles. The van der Waals surface area contributed by atoms with Gasteiger partial charge in [0.15, 0.2) is 0 Å². The maximum Gasteiger partial charge on any atom is 0.291 e. The highest BCUT2D eigenvalue weighted by atomic mass is 16.9. The Labute approximate surface area is 70.6 Å². The average Bonchev–Trinajstić information content (AvgIpc) is 2.39. The van der Waals surface area contributed by atoms with Crippen molar-refractivity contribution in [2.45, 2.75) is 13.3 Å². The number of rotatable bonds is 2. The molecule has 1 aliphatic rings. The van der Waals surface area contributed by atoms with E-state index in [-0.39, 0.29) is 0 Å². The fourth-order valence-electron chi connectivity index (χ4n) is 0.822. The van der Waals surface area contributed by atoms with E-state index in [0.29, 0.717) is 0 Å². The molecule has 0 saturated heterocycles. The molecule has 0 fully saturated rings. The van der Waals surface area contributed by atoms with Gasteiger partial charge in [-0.25, -0.2) is 0 Å². The summed E-state index contributed by atoms with van der Waals surface area (Å²) in [6.45, 7) is 4.35. The van der Waals surface area contributed by atoms with Crippen LogP contribution in [0.3, 0.4) is 0 Å². The third-order valence-electron chi connectivity index (χ3n) is 1.21. The first-order chi connectivity index (χ1) is 5.66. The van der Waals surface area contributed by atoms with Gasteiger partial charge in [-0.1, -0.05) is 6.92 Å². The van der Waals surface area contributed by atoms with Crippen LogP contribution in [0.4, 0.5) is 0 Å². The van der Waals surface area contributed by atoms with Gasteiger partial charge in [-0.2, -0.15) is 0 Å². The highest BCUT2D eigenvalue weighted by molar-refractivity contribution is 4.86. The molecule has 6 heteroatoms. The van der Waals surface area contributed by atoms with Crippen LogP contribution in [-0.2, 0) is 0 Å². The van der Waals surface area contributed by atoms with E-state index in [0.717, 1.165) is 6.67 Å². The van der Waals surface area contributed by atoms with Crippen LogP contribution in [0.5, 0.6) is 0 Å². The van der Waals surface area contributed by atoms with Crippen molar-refractivity contribution in [3.63, 3.8) is 0 Å². The van der Waals surface area contributed by atoms with Gasteiger partial charge in [-0.05, 0) is 6.42 Å². The highest BCUT2D eigenvalue weighted by Crippen LogP contribution is 1.94. The van der Waals surface area contributed by atoms with Gasteiger partial charge in [0.1, 0.15) is 0 Å². The van der Waals surface area contributed by atoms with E-state index in [4.69, 9.17) is 15.3 Å². The van der Waals surface area contributed by atoms with E-state index in [1.165, 1.54) is 13.0 Å². The summed E-state index contributed by atoms with van der Waals surface area (Å²) >= 11 is 0. The number of hydrogen-bond acceptors (Lipinski definition) is 4. The van der Waals surface area contributed by atoms with Crippen LogP contribution in [0.1, 0.15) is 13.3 Å². The molecule has 0 aliphatic carbocycles. The Bertz CT molecular complexity index is 156. The zero-order chi connectivity index (χ0) is 9.40. The molecule has 0 radical (unpaired) electrons. The predicted octanol–water partition coefficient (Wildman–Crippen LogP) is 0.383. The summed E-state index contributed by atoms with van der Waals surface area (Å²) in [7, 11) is 0. The summed E-state index contributed by atoms with van der Waals surface area (Å²) in [6, 6.07) is 0. The lowest BCUT2D eigenvalue weighted by molar-refractivity contribution is -0.742. The van der Waals surface area contributed by atoms with Crippen molar-refractivity contribution in [1.82, 2.24) is 10.2 Å². The van der Waals surface area contributed by atoms with Gasteiger partial charge in [-0.3, -0.25) is 0 Å². The summed E-state index contributed by atoms with van der Waals surface area (Å²) in [5.41, 5.74) is 0. The van der Waals surface area contributed by atoms with Gasteiger partial charge in [0.2, 0.25) is 0 Å². The van der Waals surface area contributed by atoms with Gasteiger partial charge in [0.25, 0.3) is 5.09 Å². The van der Waals surface area contributed by atoms with Crippen LogP contribution >= 0.6 is 0 Å². The first-order valence-corrected chi connectivity index (χ1v) is 3.64. The molecule has 0 saturated carbocycles. The maximum atomic E-state index is 8.36. The van der Waals surface area contributed by atoms with Crippen LogP contribution in [-0.4, -0.2) is 28.4 Å². The summed E-state index contributed by atoms with van der Waals surface area (Å²) in [5.74, 6) is 0. The molecule has 1 aliphatic heterocycles. The molecule has 6 nitrogen and oxygen atoms in total. The molecule has 0 bridgehead atoms. The van der Waals surface area contributed by atoms with Crippen molar-refractivity contribution in [1.29, 1.82) is 0 Å². The van der Waals surface area contributed by atoms with Crippen molar-refractivity contribution in [2.24, 2.45) is 0 Å². The number of nitrogens with one attached hydrogen (secondary N) is 1. The van der Waals surface area contributed by atoms with E-state index in [1.54, 1.807) is 0 Å². The smallest absolute Gasteiger partial charge is 0.291 e. The highest BCUT2D eigenvalue weighted by Gasteiger charge is 1.98. The minimum atomic E-state index is -1.50. The lowest BCUT2D eigenvalue weighted by Gasteiger charge is -2.11. The lowest BCUT2D eigenvalue weighted by atomic mass is 10.4. The Balaban J connectivity index is 0.000000261. The SMILES string of the molecule is CCCN1C=CNC1.O=[N+]([O-])O. The second-order valence-corrected chi connectivity index (χ2v) is 2.23. The Morgan fingerprint density at radius 1 is 1.83 bits per heavy atom. The molecular formula is C6H13N3O3. The van der Waals surface area contributed by atoms with Crippen molar-refractivity contribution in [3.05, 3.63) is 22.5 Å². The first-order valence-electron chi connectivity index (χ1n) is 3.64. The molecular weight excluding hydrogens is 162 g/mol. The Morgan fingerprint density at radius 2 is 2.42 bits per heavy atom. The monoisotopic (exact) mass is 175 g/mol. The minimum absolute atomic E-state index is 0.994. The third-order valence-corrected chi connectivity index (χ3v) is 1.21. The minimum Gasteiger partial charge on any atom is -0.373 e. The molecule has 70 valence electrons. The van der Waals surface area contributed by atoms with E-state index in [2.05, 4.69) is 23.3 Å². The third kappa shape index (κ3) is 6.66. The van der Waals surface area contributed by atoms with E-state index in [1.807, 2.05) is 6.20 Å². The molecule has 0 aromatic rings. The van der Waals surface area contributed by atoms with E-state index >= 15 is 0 Å². The number of nitrogens with zero attached hydrogens (tertiary/aromatic N) is 2. The summed E-state index contributed by atoms with van der Waals surface area (Å²) in [5, 5.41) is 16.7. The lowest BCUT2D eigenvalue weighted by Crippen LogP contribution is -2.20. The Morgan fingerprint density at radius 3 is 2.75 bits per heavy atom. The van der Waals surface area contributed by atoms with E-state index < -0.39 is 5.09 Å². The molecule has 1 rings (SSSR count). The van der Waals surface area contributed by atoms with Crippen molar-refractivity contribution in [2.75, 3.05) is 13.2 Å². The fourth-order valence-corrected chi connectivity index (χ4v) is 0.822. The van der Waals surface area contributed by atoms with Gasteiger partial charge in [0.05, 0.1) is 6.67 Å². The summed E-state index contributed by atoms with van der Waals surface area (Å²) in [6.07, 6.45) is 5.30. The van der Waals surface area contributed by atoms with Crippen LogP contribution in [0.25, 0.3) is 0 Å². The van der Waals surface area contributed by atoms with Gasteiger partial charge in [0, 0.05) is 18.9 Å². The molecule has 2 N–H and O–H groups in total. The zero-order valence-electron chi connectivity index (χ0n) is 6.93. The maximum absolute atomic E-state index is 8.36. The van der Waals surface area contributed by atoms with E-state index in [9.17, 15) is 0 Å². The second-order valence-electron chi connectivity index (χ2n) is 2.23. The Hall–Kier alpha value is -1.46. The van der Waals surface area contributed by atoms with Crippen LogP contribution < -0.4 is 5.32 Å². The van der Waals surface area contributed by atoms with Crippen molar-refractivity contribution in [3.8, 4) is 0 Å². The fraction of sp³-hybridized carbons (Fsp3) is 0.667. The molecule has 1 heterocycles. The quantitative estimate of drug-likeness (QED) is 0.468. The van der Waals surface area contributed by atoms with Gasteiger partial charge < -0.3 is 15.4 Å². The average molecular weight is 175 g/mol. The topological polar surface area (TPSA) is 78.6 Å². The van der Waals surface area contributed by atoms with Crippen molar-refractivity contribution >= 4 is 0 Å². The molecule has 0 unspecified atom stereocenters. The van der Waals surface area contributed by atoms with Crippen molar-refractivity contribution < 1.29 is 10.3 Å². The molecule has 12 heavy (non-hydrogen) atoms. The van der Waals surface area contributed by atoms with Crippen LogP contribution in [0, 0.1) is 10.1 Å². The standard InChI is InChI=1S/C6H12N2.HNO3/c1-2-4-8-5-3-7-6-8;2-1(3)4/h3,5,7H,2,4,6H2,1H3;(H,2,3,4). The van der Waals surface area contributed by atoms with Crippen LogP contribution in [0.2, 0.25) is 0 Å². The molecule has 0 spiro atoms. The second kappa shape index (κ2) is 6.26. The van der Waals surface area contributed by atoms with Gasteiger partial charge in [-0.15, -0.1) is 10.1 Å². The van der Waals surface area contributed by atoms with Crippen LogP contribution in [0.15, 0.2) is 12.4 Å². The number of hydrogen-bond donors (Lipinski definition) is 2. The largest absolute Gasteiger partial charge is 0.373 e. The Kier molecular flexibility index (Phi) is 5.50. The predicted molar refractivity (Wildman–Crippen MR) is 42.9 cm³/mol. The molecule has 0 atom stereocenters. The molecule has 0 aromatic carbocycles. The normalized spacial score (nSPS) is 13.2.